The quantitative estimate of drug-likeness (QED) is 0.786. The Hall–Kier alpha value is -2.76. The number of carbonyl (C=O) groups excluding carboxylic acids is 2. The number of hydrogen-bond donors (Lipinski definition) is 3. The third-order valence-corrected chi connectivity index (χ3v) is 3.52. The predicted octanol–water partition coefficient (Wildman–Crippen LogP) is 3.70. The van der Waals surface area contributed by atoms with Crippen molar-refractivity contribution in [1.82, 2.24) is 5.32 Å². The van der Waals surface area contributed by atoms with E-state index in [0.717, 1.165) is 0 Å². The van der Waals surface area contributed by atoms with Gasteiger partial charge in [0.1, 0.15) is 6.26 Å². The maximum Gasteiger partial charge on any atom is 0.319 e. The van der Waals surface area contributed by atoms with Crippen molar-refractivity contribution < 1.29 is 14.0 Å². The molecule has 0 spiro atoms. The average molecular weight is 315 g/mol. The molecule has 0 saturated heterocycles. The second-order valence-electron chi connectivity index (χ2n) is 5.68. The first kappa shape index (κ1) is 16.6. The van der Waals surface area contributed by atoms with Gasteiger partial charge in [0.2, 0.25) is 0 Å². The first-order valence-electron chi connectivity index (χ1n) is 7.47. The van der Waals surface area contributed by atoms with Gasteiger partial charge >= 0.3 is 6.03 Å². The van der Waals surface area contributed by atoms with Crippen LogP contribution in [-0.4, -0.2) is 18.0 Å². The predicted molar refractivity (Wildman–Crippen MR) is 89.6 cm³/mol. The largest absolute Gasteiger partial charge is 0.472 e. The molecule has 0 aliphatic carbocycles. The van der Waals surface area contributed by atoms with Crippen molar-refractivity contribution in [2.45, 2.75) is 26.8 Å². The second kappa shape index (κ2) is 7.49. The van der Waals surface area contributed by atoms with Gasteiger partial charge in [0.25, 0.3) is 5.91 Å². The topological polar surface area (TPSA) is 83.4 Å². The van der Waals surface area contributed by atoms with E-state index in [0.29, 0.717) is 22.9 Å². The summed E-state index contributed by atoms with van der Waals surface area (Å²) in [5.41, 5.74) is 1.63. The van der Waals surface area contributed by atoms with Crippen LogP contribution in [0.25, 0.3) is 0 Å². The molecule has 6 nitrogen and oxygen atoms in total. The smallest absolute Gasteiger partial charge is 0.319 e. The van der Waals surface area contributed by atoms with E-state index in [9.17, 15) is 9.59 Å². The summed E-state index contributed by atoms with van der Waals surface area (Å²) in [5, 5.41) is 8.36. The Morgan fingerprint density at radius 1 is 1.04 bits per heavy atom. The summed E-state index contributed by atoms with van der Waals surface area (Å²) in [6.07, 6.45) is 2.81. The number of urea groups is 1. The van der Waals surface area contributed by atoms with Gasteiger partial charge in [-0.05, 0) is 37.1 Å². The minimum Gasteiger partial charge on any atom is -0.472 e. The number of amides is 3. The van der Waals surface area contributed by atoms with Gasteiger partial charge in [-0.3, -0.25) is 4.79 Å². The third kappa shape index (κ3) is 4.88. The van der Waals surface area contributed by atoms with E-state index in [1.807, 2.05) is 20.8 Å². The average Bonchev–Trinajstić information content (AvgIpc) is 3.01. The fourth-order valence-corrected chi connectivity index (χ4v) is 1.81. The Morgan fingerprint density at radius 3 is 2.35 bits per heavy atom. The highest BCUT2D eigenvalue weighted by Crippen LogP contribution is 2.16. The summed E-state index contributed by atoms with van der Waals surface area (Å²) in [4.78, 5) is 23.9. The molecule has 0 unspecified atom stereocenters. The fourth-order valence-electron chi connectivity index (χ4n) is 1.81. The van der Waals surface area contributed by atoms with E-state index in [1.54, 1.807) is 30.3 Å². The van der Waals surface area contributed by atoms with Crippen molar-refractivity contribution in [3.8, 4) is 0 Å². The number of carbonyl (C=O) groups is 2. The van der Waals surface area contributed by atoms with Crippen molar-refractivity contribution >= 4 is 23.3 Å². The molecular formula is C17H21N3O3. The van der Waals surface area contributed by atoms with Gasteiger partial charge in [-0.15, -0.1) is 0 Å². The van der Waals surface area contributed by atoms with Gasteiger partial charge < -0.3 is 20.4 Å². The maximum atomic E-state index is 12.0. The SMILES string of the molecule is CC(C)[C@H](C)NC(=O)Nc1cccc(NC(=O)c2ccoc2)c1. The van der Waals surface area contributed by atoms with Crippen LogP contribution in [0.4, 0.5) is 16.2 Å². The van der Waals surface area contributed by atoms with Crippen LogP contribution in [0.1, 0.15) is 31.1 Å². The zero-order chi connectivity index (χ0) is 16.8. The standard InChI is InChI=1S/C17H21N3O3/c1-11(2)12(3)18-17(22)20-15-6-4-5-14(9-15)19-16(21)13-7-8-23-10-13/h4-12H,1-3H3,(H,19,21)(H2,18,20,22)/t12-/m0/s1. The highest BCUT2D eigenvalue weighted by Gasteiger charge is 2.11. The fraction of sp³-hybridized carbons (Fsp3) is 0.294. The zero-order valence-corrected chi connectivity index (χ0v) is 13.4. The number of hydrogen-bond acceptors (Lipinski definition) is 3. The van der Waals surface area contributed by atoms with Crippen LogP contribution in [0.5, 0.6) is 0 Å². The summed E-state index contributed by atoms with van der Waals surface area (Å²) < 4.78 is 4.88. The first-order chi connectivity index (χ1) is 11.0. The van der Waals surface area contributed by atoms with Crippen LogP contribution in [-0.2, 0) is 0 Å². The molecule has 0 radical (unpaired) electrons. The molecule has 2 aromatic rings. The van der Waals surface area contributed by atoms with Crippen molar-refractivity contribution in [2.24, 2.45) is 5.92 Å². The van der Waals surface area contributed by atoms with Crippen LogP contribution >= 0.6 is 0 Å². The number of anilines is 2. The van der Waals surface area contributed by atoms with Crippen LogP contribution in [0.3, 0.4) is 0 Å². The Morgan fingerprint density at radius 2 is 1.74 bits per heavy atom. The van der Waals surface area contributed by atoms with Crippen LogP contribution < -0.4 is 16.0 Å². The Balaban J connectivity index is 1.97. The van der Waals surface area contributed by atoms with E-state index in [-0.39, 0.29) is 18.0 Å². The second-order valence-corrected chi connectivity index (χ2v) is 5.68. The molecule has 1 atom stereocenters. The normalized spacial score (nSPS) is 11.8. The van der Waals surface area contributed by atoms with Gasteiger partial charge in [0.15, 0.2) is 0 Å². The third-order valence-electron chi connectivity index (χ3n) is 3.52. The molecule has 3 N–H and O–H groups in total. The molecule has 2 rings (SSSR count). The summed E-state index contributed by atoms with van der Waals surface area (Å²) in [7, 11) is 0. The molecule has 23 heavy (non-hydrogen) atoms. The molecule has 122 valence electrons. The molecule has 6 heteroatoms. The van der Waals surface area contributed by atoms with E-state index < -0.39 is 0 Å². The summed E-state index contributed by atoms with van der Waals surface area (Å²) in [5.74, 6) is 0.0788. The number of benzene rings is 1. The van der Waals surface area contributed by atoms with E-state index in [4.69, 9.17) is 4.42 Å². The molecule has 0 fully saturated rings. The van der Waals surface area contributed by atoms with Crippen molar-refractivity contribution in [3.05, 3.63) is 48.4 Å². The summed E-state index contributed by atoms with van der Waals surface area (Å²) >= 11 is 0. The number of rotatable bonds is 5. The Kier molecular flexibility index (Phi) is 5.41. The number of nitrogens with one attached hydrogen (secondary N) is 3. The van der Waals surface area contributed by atoms with E-state index >= 15 is 0 Å². The number of furan rings is 1. The van der Waals surface area contributed by atoms with Gasteiger partial charge in [-0.25, -0.2) is 4.79 Å². The lowest BCUT2D eigenvalue weighted by Gasteiger charge is -2.18. The van der Waals surface area contributed by atoms with Crippen molar-refractivity contribution in [1.29, 1.82) is 0 Å². The molecule has 0 saturated carbocycles. The molecule has 1 heterocycles. The van der Waals surface area contributed by atoms with Crippen LogP contribution in [0, 0.1) is 5.92 Å². The highest BCUT2D eigenvalue weighted by atomic mass is 16.3. The molecule has 0 bridgehead atoms. The molecule has 1 aromatic heterocycles. The molecular weight excluding hydrogens is 294 g/mol. The molecule has 0 aliphatic heterocycles. The van der Waals surface area contributed by atoms with Gasteiger partial charge in [-0.1, -0.05) is 19.9 Å². The van der Waals surface area contributed by atoms with E-state index in [2.05, 4.69) is 16.0 Å². The van der Waals surface area contributed by atoms with Crippen LogP contribution in [0.15, 0.2) is 47.3 Å². The lowest BCUT2D eigenvalue weighted by atomic mass is 10.1. The lowest BCUT2D eigenvalue weighted by molar-refractivity contribution is 0.102. The van der Waals surface area contributed by atoms with Gasteiger partial charge in [-0.2, -0.15) is 0 Å². The molecule has 1 aromatic carbocycles. The van der Waals surface area contributed by atoms with Gasteiger partial charge in [0, 0.05) is 17.4 Å². The monoisotopic (exact) mass is 315 g/mol. The first-order valence-corrected chi connectivity index (χ1v) is 7.47. The summed E-state index contributed by atoms with van der Waals surface area (Å²) in [6, 6.07) is 8.33. The Labute approximate surface area is 135 Å². The minimum absolute atomic E-state index is 0.0685. The highest BCUT2D eigenvalue weighted by molar-refractivity contribution is 6.04. The Bertz CT molecular complexity index is 665. The van der Waals surface area contributed by atoms with Gasteiger partial charge in [0.05, 0.1) is 11.8 Å². The molecule has 0 aliphatic rings. The van der Waals surface area contributed by atoms with E-state index in [1.165, 1.54) is 12.5 Å². The van der Waals surface area contributed by atoms with Crippen LogP contribution in [0.2, 0.25) is 0 Å². The summed E-state index contributed by atoms with van der Waals surface area (Å²) in [6.45, 7) is 6.03. The zero-order valence-electron chi connectivity index (χ0n) is 13.4. The van der Waals surface area contributed by atoms with Crippen molar-refractivity contribution in [3.63, 3.8) is 0 Å². The maximum absolute atomic E-state index is 12.0. The van der Waals surface area contributed by atoms with Crippen molar-refractivity contribution in [2.75, 3.05) is 10.6 Å². The lowest BCUT2D eigenvalue weighted by Crippen LogP contribution is -2.39. The molecule has 3 amide bonds. The minimum atomic E-state index is -0.274.